The molecule has 0 radical (unpaired) electrons. The quantitative estimate of drug-likeness (QED) is 0.176. The molecule has 1 atom stereocenters. The molecule has 4 aromatic rings. The van der Waals surface area contributed by atoms with Gasteiger partial charge in [-0.2, -0.15) is 0 Å². The highest BCUT2D eigenvalue weighted by Gasteiger charge is 2.30. The molecule has 43 heavy (non-hydrogen) atoms. The molecular weight excluding hydrogens is 550 g/mol. The van der Waals surface area contributed by atoms with Gasteiger partial charge < -0.3 is 14.7 Å². The molecule has 0 saturated heterocycles. The number of benzene rings is 4. The Morgan fingerprint density at radius 1 is 0.674 bits per heavy atom. The normalized spacial score (nSPS) is 12.0. The highest BCUT2D eigenvalue weighted by atomic mass is 32.2. The molecule has 0 aliphatic heterocycles. The molecule has 6 heteroatoms. The van der Waals surface area contributed by atoms with Gasteiger partial charge in [-0.25, -0.2) is 8.42 Å². The lowest BCUT2D eigenvalue weighted by atomic mass is 9.94. The third-order valence-corrected chi connectivity index (χ3v) is 10.1. The fourth-order valence-electron chi connectivity index (χ4n) is 5.37. The Morgan fingerprint density at radius 2 is 1.14 bits per heavy atom. The Kier molecular flexibility index (Phi) is 10.0. The summed E-state index contributed by atoms with van der Waals surface area (Å²) in [6, 6.07) is 30.0. The van der Waals surface area contributed by atoms with Gasteiger partial charge in [-0.3, -0.25) is 0 Å². The SMILES string of the molecule is CCN(CC)c1ccc(C(C=C(c2ccc(N(C)C)cc2)c2ccc(N(C)C)cc2)S(=O)(=O)c2ccc(C)cc2)c(C)c1. The van der Waals surface area contributed by atoms with Crippen LogP contribution in [-0.2, 0) is 9.84 Å². The van der Waals surface area contributed by atoms with E-state index in [0.29, 0.717) is 4.90 Å². The maximum absolute atomic E-state index is 14.5. The molecule has 0 N–H and O–H groups in total. The molecule has 1 unspecified atom stereocenters. The van der Waals surface area contributed by atoms with Crippen LogP contribution >= 0.6 is 0 Å². The summed E-state index contributed by atoms with van der Waals surface area (Å²) >= 11 is 0. The van der Waals surface area contributed by atoms with Crippen LogP contribution in [-0.4, -0.2) is 49.7 Å². The summed E-state index contributed by atoms with van der Waals surface area (Å²) in [4.78, 5) is 6.71. The van der Waals surface area contributed by atoms with E-state index in [2.05, 4.69) is 89.2 Å². The van der Waals surface area contributed by atoms with E-state index in [1.54, 1.807) is 12.1 Å². The number of nitrogens with zero attached hydrogens (tertiary/aromatic N) is 3. The fourth-order valence-corrected chi connectivity index (χ4v) is 7.10. The summed E-state index contributed by atoms with van der Waals surface area (Å²) in [7, 11) is 4.26. The van der Waals surface area contributed by atoms with Crippen LogP contribution in [0.15, 0.2) is 102 Å². The topological polar surface area (TPSA) is 43.9 Å². The third-order valence-electron chi connectivity index (χ3n) is 8.08. The number of anilines is 3. The average molecular weight is 596 g/mol. The molecule has 0 saturated carbocycles. The van der Waals surface area contributed by atoms with E-state index < -0.39 is 15.1 Å². The average Bonchev–Trinajstić information content (AvgIpc) is 2.99. The first kappa shape index (κ1) is 31.9. The van der Waals surface area contributed by atoms with Crippen molar-refractivity contribution in [1.82, 2.24) is 0 Å². The summed E-state index contributed by atoms with van der Waals surface area (Å²) in [5.41, 5.74) is 8.82. The summed E-state index contributed by atoms with van der Waals surface area (Å²) in [6.07, 6.45) is 1.95. The van der Waals surface area contributed by atoms with Gasteiger partial charge in [0.05, 0.1) is 4.90 Å². The van der Waals surface area contributed by atoms with Crippen molar-refractivity contribution >= 4 is 32.5 Å². The lowest BCUT2D eigenvalue weighted by Gasteiger charge is -2.24. The molecule has 0 bridgehead atoms. The van der Waals surface area contributed by atoms with Crippen molar-refractivity contribution in [2.75, 3.05) is 56.0 Å². The second-order valence-corrected chi connectivity index (χ2v) is 13.5. The molecule has 0 aliphatic rings. The third kappa shape index (κ3) is 7.14. The maximum Gasteiger partial charge on any atom is 0.188 e. The van der Waals surface area contributed by atoms with Gasteiger partial charge in [0, 0.05) is 58.3 Å². The molecule has 0 aromatic heterocycles. The monoisotopic (exact) mass is 595 g/mol. The summed E-state index contributed by atoms with van der Waals surface area (Å²) < 4.78 is 29.1. The predicted octanol–water partition coefficient (Wildman–Crippen LogP) is 7.93. The number of aryl methyl sites for hydroxylation is 2. The van der Waals surface area contributed by atoms with Crippen molar-refractivity contribution < 1.29 is 8.42 Å². The molecule has 0 fully saturated rings. The summed E-state index contributed by atoms with van der Waals surface area (Å²) in [6.45, 7) is 10.0. The first-order valence-corrected chi connectivity index (χ1v) is 16.4. The van der Waals surface area contributed by atoms with Gasteiger partial charge >= 0.3 is 0 Å². The van der Waals surface area contributed by atoms with Crippen molar-refractivity contribution in [2.45, 2.75) is 37.8 Å². The van der Waals surface area contributed by atoms with E-state index in [4.69, 9.17) is 0 Å². The van der Waals surface area contributed by atoms with Crippen molar-refractivity contribution in [2.24, 2.45) is 0 Å². The first-order valence-electron chi connectivity index (χ1n) is 14.9. The van der Waals surface area contributed by atoms with Crippen LogP contribution in [0.2, 0.25) is 0 Å². The van der Waals surface area contributed by atoms with Crippen LogP contribution in [0.25, 0.3) is 5.57 Å². The second-order valence-electron chi connectivity index (χ2n) is 11.5. The van der Waals surface area contributed by atoms with Gasteiger partial charge in [0.2, 0.25) is 0 Å². The zero-order valence-electron chi connectivity index (χ0n) is 26.8. The van der Waals surface area contributed by atoms with Gasteiger partial charge in [0.1, 0.15) is 5.25 Å². The van der Waals surface area contributed by atoms with Gasteiger partial charge in [0.15, 0.2) is 9.84 Å². The van der Waals surface area contributed by atoms with Gasteiger partial charge in [-0.15, -0.1) is 0 Å². The number of hydrogen-bond donors (Lipinski definition) is 0. The molecule has 4 aromatic carbocycles. The molecule has 5 nitrogen and oxygen atoms in total. The van der Waals surface area contributed by atoms with E-state index in [1.165, 1.54) is 0 Å². The van der Waals surface area contributed by atoms with Gasteiger partial charge in [-0.05, 0) is 104 Å². The van der Waals surface area contributed by atoms with Crippen molar-refractivity contribution in [3.8, 4) is 0 Å². The van der Waals surface area contributed by atoms with Crippen LogP contribution in [0.4, 0.5) is 17.1 Å². The largest absolute Gasteiger partial charge is 0.378 e. The Morgan fingerprint density at radius 3 is 1.56 bits per heavy atom. The molecular formula is C37H45N3O2S. The van der Waals surface area contributed by atoms with Crippen LogP contribution in [0.5, 0.6) is 0 Å². The van der Waals surface area contributed by atoms with E-state index in [0.717, 1.165) is 63.5 Å². The lowest BCUT2D eigenvalue weighted by Crippen LogP contribution is -2.22. The van der Waals surface area contributed by atoms with Crippen LogP contribution in [0.1, 0.15) is 46.9 Å². The minimum Gasteiger partial charge on any atom is -0.378 e. The Labute approximate surface area is 259 Å². The highest BCUT2D eigenvalue weighted by Crippen LogP contribution is 2.38. The minimum absolute atomic E-state index is 0.317. The molecule has 226 valence electrons. The zero-order chi connectivity index (χ0) is 31.3. The first-order chi connectivity index (χ1) is 20.5. The summed E-state index contributed by atoms with van der Waals surface area (Å²) in [5, 5.41) is -0.891. The number of hydrogen-bond acceptors (Lipinski definition) is 5. The Hall–Kier alpha value is -4.03. The minimum atomic E-state index is -3.80. The van der Waals surface area contributed by atoms with Crippen molar-refractivity contribution in [1.29, 1.82) is 0 Å². The molecule has 0 amide bonds. The van der Waals surface area contributed by atoms with Crippen LogP contribution in [0.3, 0.4) is 0 Å². The lowest BCUT2D eigenvalue weighted by molar-refractivity contribution is 0.590. The van der Waals surface area contributed by atoms with E-state index >= 15 is 0 Å². The maximum atomic E-state index is 14.5. The summed E-state index contributed by atoms with van der Waals surface area (Å²) in [5.74, 6) is 0. The standard InChI is InChI=1S/C37H45N3O2S/c1-9-40(10-2)33-21-24-35(28(4)25-33)37(43(41,42)34-22-11-27(3)12-23-34)26-36(29-13-17-31(18-14-29)38(5)6)30-15-19-32(20-16-30)39(7)8/h11-26,37H,9-10H2,1-8H3. The van der Waals surface area contributed by atoms with Crippen LogP contribution < -0.4 is 14.7 Å². The molecule has 4 rings (SSSR count). The van der Waals surface area contributed by atoms with Crippen LogP contribution in [0, 0.1) is 13.8 Å². The number of rotatable bonds is 11. The van der Waals surface area contributed by atoms with Gasteiger partial charge in [0.25, 0.3) is 0 Å². The van der Waals surface area contributed by atoms with Crippen molar-refractivity contribution in [3.63, 3.8) is 0 Å². The van der Waals surface area contributed by atoms with E-state index in [9.17, 15) is 8.42 Å². The highest BCUT2D eigenvalue weighted by molar-refractivity contribution is 7.91. The zero-order valence-corrected chi connectivity index (χ0v) is 27.6. The van der Waals surface area contributed by atoms with Crippen molar-refractivity contribution in [3.05, 3.63) is 125 Å². The number of sulfone groups is 1. The van der Waals surface area contributed by atoms with E-state index in [1.807, 2.05) is 66.3 Å². The fraction of sp³-hybridized carbons (Fsp3) is 0.297. The predicted molar refractivity (Wildman–Crippen MR) is 184 cm³/mol. The second kappa shape index (κ2) is 13.5. The molecule has 0 spiro atoms. The molecule has 0 aliphatic carbocycles. The van der Waals surface area contributed by atoms with Gasteiger partial charge in [-0.1, -0.05) is 54.1 Å². The smallest absolute Gasteiger partial charge is 0.188 e. The van der Waals surface area contributed by atoms with E-state index in [-0.39, 0.29) is 0 Å². The Balaban J connectivity index is 1.98. The molecule has 0 heterocycles. The Bertz CT molecular complexity index is 1600.